The molecule has 1 heterocycles. The second-order valence-electron chi connectivity index (χ2n) is 4.17. The number of imidazole rings is 1. The van der Waals surface area contributed by atoms with E-state index in [9.17, 15) is 0 Å². The van der Waals surface area contributed by atoms with Crippen LogP contribution in [0.4, 0.5) is 11.4 Å². The first-order chi connectivity index (χ1) is 8.75. The van der Waals surface area contributed by atoms with Crippen LogP contribution in [0.15, 0.2) is 41.4 Å². The Kier molecular flexibility index (Phi) is 4.64. The fourth-order valence-corrected chi connectivity index (χ4v) is 2.27. The third kappa shape index (κ3) is 3.77. The van der Waals surface area contributed by atoms with Gasteiger partial charge in [0.2, 0.25) is 0 Å². The summed E-state index contributed by atoms with van der Waals surface area (Å²) >= 11 is 3.49. The van der Waals surface area contributed by atoms with Crippen molar-refractivity contribution < 1.29 is 0 Å². The summed E-state index contributed by atoms with van der Waals surface area (Å²) < 4.78 is 3.11. The van der Waals surface area contributed by atoms with Gasteiger partial charge in [0.15, 0.2) is 0 Å². The van der Waals surface area contributed by atoms with Crippen LogP contribution >= 0.6 is 15.9 Å². The van der Waals surface area contributed by atoms with E-state index in [4.69, 9.17) is 5.73 Å². The van der Waals surface area contributed by atoms with E-state index in [1.807, 2.05) is 36.9 Å². The number of nitrogens with two attached hydrogens (primary N) is 1. The van der Waals surface area contributed by atoms with Crippen LogP contribution in [0.1, 0.15) is 12.8 Å². The quantitative estimate of drug-likeness (QED) is 0.637. The van der Waals surface area contributed by atoms with E-state index in [0.29, 0.717) is 0 Å². The fourth-order valence-electron chi connectivity index (χ4n) is 1.74. The summed E-state index contributed by atoms with van der Waals surface area (Å²) in [5.41, 5.74) is 7.55. The van der Waals surface area contributed by atoms with Gasteiger partial charge in [-0.3, -0.25) is 0 Å². The number of anilines is 2. The predicted molar refractivity (Wildman–Crippen MR) is 78.5 cm³/mol. The van der Waals surface area contributed by atoms with Gasteiger partial charge >= 0.3 is 0 Å². The average molecular weight is 309 g/mol. The first-order valence-corrected chi connectivity index (χ1v) is 6.79. The van der Waals surface area contributed by atoms with Gasteiger partial charge in [-0.05, 0) is 47.0 Å². The summed E-state index contributed by atoms with van der Waals surface area (Å²) in [7, 11) is 0. The Morgan fingerprint density at radius 1 is 1.33 bits per heavy atom. The van der Waals surface area contributed by atoms with Gasteiger partial charge in [0.25, 0.3) is 0 Å². The van der Waals surface area contributed by atoms with Crippen LogP contribution in [0, 0.1) is 0 Å². The van der Waals surface area contributed by atoms with Crippen LogP contribution in [-0.4, -0.2) is 16.1 Å². The zero-order chi connectivity index (χ0) is 12.8. The Balaban J connectivity index is 1.69. The van der Waals surface area contributed by atoms with Gasteiger partial charge in [-0.15, -0.1) is 0 Å². The van der Waals surface area contributed by atoms with Crippen molar-refractivity contribution in [3.8, 4) is 0 Å². The van der Waals surface area contributed by atoms with Crippen LogP contribution < -0.4 is 11.1 Å². The maximum Gasteiger partial charge on any atom is 0.0945 e. The van der Waals surface area contributed by atoms with Crippen molar-refractivity contribution in [2.24, 2.45) is 0 Å². The molecule has 0 radical (unpaired) electrons. The summed E-state index contributed by atoms with van der Waals surface area (Å²) in [6, 6.07) is 5.81. The second kappa shape index (κ2) is 6.44. The number of aromatic nitrogens is 2. The topological polar surface area (TPSA) is 55.9 Å². The SMILES string of the molecule is Nc1ccc(NCCCCn2ccnc2)c(Br)c1. The van der Waals surface area contributed by atoms with Crippen molar-refractivity contribution in [3.63, 3.8) is 0 Å². The van der Waals surface area contributed by atoms with Crippen molar-refractivity contribution in [2.45, 2.75) is 19.4 Å². The number of hydrogen-bond acceptors (Lipinski definition) is 3. The van der Waals surface area contributed by atoms with Crippen molar-refractivity contribution in [2.75, 3.05) is 17.6 Å². The molecule has 0 spiro atoms. The Bertz CT molecular complexity index is 482. The van der Waals surface area contributed by atoms with Gasteiger partial charge in [0.1, 0.15) is 0 Å². The van der Waals surface area contributed by atoms with E-state index >= 15 is 0 Å². The number of nitrogen functional groups attached to an aromatic ring is 1. The number of benzene rings is 1. The molecule has 0 aliphatic heterocycles. The number of rotatable bonds is 6. The zero-order valence-electron chi connectivity index (χ0n) is 10.1. The normalized spacial score (nSPS) is 10.5. The summed E-state index contributed by atoms with van der Waals surface area (Å²) in [4.78, 5) is 4.02. The van der Waals surface area contributed by atoms with Gasteiger partial charge in [0.05, 0.1) is 6.33 Å². The molecule has 0 saturated heterocycles. The zero-order valence-corrected chi connectivity index (χ0v) is 11.7. The molecule has 1 aromatic carbocycles. The molecule has 0 aliphatic carbocycles. The van der Waals surface area contributed by atoms with E-state index in [-0.39, 0.29) is 0 Å². The molecule has 5 heteroatoms. The highest BCUT2D eigenvalue weighted by Gasteiger charge is 1.99. The minimum atomic E-state index is 0.771. The van der Waals surface area contributed by atoms with E-state index in [2.05, 4.69) is 30.8 Å². The van der Waals surface area contributed by atoms with Crippen molar-refractivity contribution in [1.29, 1.82) is 0 Å². The highest BCUT2D eigenvalue weighted by atomic mass is 79.9. The van der Waals surface area contributed by atoms with Gasteiger partial charge in [-0.1, -0.05) is 0 Å². The van der Waals surface area contributed by atoms with Gasteiger partial charge in [-0.25, -0.2) is 4.98 Å². The monoisotopic (exact) mass is 308 g/mol. The van der Waals surface area contributed by atoms with E-state index in [1.165, 1.54) is 0 Å². The lowest BCUT2D eigenvalue weighted by Crippen LogP contribution is -2.04. The molecule has 1 aromatic heterocycles. The molecule has 3 N–H and O–H groups in total. The molecule has 0 saturated carbocycles. The Morgan fingerprint density at radius 3 is 2.94 bits per heavy atom. The highest BCUT2D eigenvalue weighted by molar-refractivity contribution is 9.10. The average Bonchev–Trinajstić information content (AvgIpc) is 2.84. The number of hydrogen-bond donors (Lipinski definition) is 2. The number of nitrogens with one attached hydrogen (secondary N) is 1. The summed E-state index contributed by atoms with van der Waals surface area (Å²) in [5.74, 6) is 0. The maximum absolute atomic E-state index is 5.69. The van der Waals surface area contributed by atoms with Crippen LogP contribution in [0.25, 0.3) is 0 Å². The fraction of sp³-hybridized carbons (Fsp3) is 0.308. The number of unbranched alkanes of at least 4 members (excludes halogenated alkanes) is 1. The molecule has 0 amide bonds. The summed E-state index contributed by atoms with van der Waals surface area (Å²) in [6.07, 6.45) is 7.91. The molecule has 4 nitrogen and oxygen atoms in total. The number of aryl methyl sites for hydroxylation is 1. The van der Waals surface area contributed by atoms with E-state index < -0.39 is 0 Å². The first kappa shape index (κ1) is 13.0. The Labute approximate surface area is 115 Å². The first-order valence-electron chi connectivity index (χ1n) is 6.00. The minimum Gasteiger partial charge on any atom is -0.399 e. The molecule has 0 atom stereocenters. The number of halogens is 1. The lowest BCUT2D eigenvalue weighted by molar-refractivity contribution is 0.621. The Hall–Kier alpha value is -1.49. The van der Waals surface area contributed by atoms with Crippen LogP contribution in [0.2, 0.25) is 0 Å². The van der Waals surface area contributed by atoms with E-state index in [1.54, 1.807) is 0 Å². The molecule has 2 rings (SSSR count). The van der Waals surface area contributed by atoms with Crippen molar-refractivity contribution in [3.05, 3.63) is 41.4 Å². The molecule has 0 aliphatic rings. The Morgan fingerprint density at radius 2 is 2.22 bits per heavy atom. The predicted octanol–water partition coefficient (Wildman–Crippen LogP) is 3.12. The summed E-state index contributed by atoms with van der Waals surface area (Å²) in [6.45, 7) is 1.97. The van der Waals surface area contributed by atoms with Gasteiger partial charge in [0, 0.05) is 41.3 Å². The lowest BCUT2D eigenvalue weighted by Gasteiger charge is -2.09. The maximum atomic E-state index is 5.69. The molecule has 2 aromatic rings. The third-order valence-corrected chi connectivity index (χ3v) is 3.37. The highest BCUT2D eigenvalue weighted by Crippen LogP contribution is 2.24. The molecule has 0 bridgehead atoms. The lowest BCUT2D eigenvalue weighted by atomic mass is 10.2. The van der Waals surface area contributed by atoms with Gasteiger partial charge in [-0.2, -0.15) is 0 Å². The standard InChI is InChI=1S/C13H17BrN4/c14-12-9-11(15)3-4-13(12)17-5-1-2-7-18-8-6-16-10-18/h3-4,6,8-10,17H,1-2,5,7,15H2. The molecule has 18 heavy (non-hydrogen) atoms. The third-order valence-electron chi connectivity index (χ3n) is 2.71. The van der Waals surface area contributed by atoms with Crippen molar-refractivity contribution >= 4 is 27.3 Å². The molecular formula is C13H17BrN4. The van der Waals surface area contributed by atoms with Crippen LogP contribution in [0.5, 0.6) is 0 Å². The largest absolute Gasteiger partial charge is 0.399 e. The van der Waals surface area contributed by atoms with E-state index in [0.717, 1.165) is 41.8 Å². The molecule has 0 unspecified atom stereocenters. The summed E-state index contributed by atoms with van der Waals surface area (Å²) in [5, 5.41) is 3.39. The molecular weight excluding hydrogens is 292 g/mol. The van der Waals surface area contributed by atoms with Crippen LogP contribution in [-0.2, 0) is 6.54 Å². The van der Waals surface area contributed by atoms with Crippen LogP contribution in [0.3, 0.4) is 0 Å². The smallest absolute Gasteiger partial charge is 0.0945 e. The van der Waals surface area contributed by atoms with Gasteiger partial charge < -0.3 is 15.6 Å². The van der Waals surface area contributed by atoms with Crippen molar-refractivity contribution in [1.82, 2.24) is 9.55 Å². The minimum absolute atomic E-state index is 0.771. The second-order valence-corrected chi connectivity index (χ2v) is 5.03. The molecule has 96 valence electrons. The molecule has 0 fully saturated rings. The number of nitrogens with zero attached hydrogens (tertiary/aromatic N) is 2.